The van der Waals surface area contributed by atoms with Crippen molar-refractivity contribution >= 4 is 16.1 Å². The fourth-order valence-corrected chi connectivity index (χ4v) is 7.06. The molecule has 0 N–H and O–H groups in total. The predicted molar refractivity (Wildman–Crippen MR) is 150 cm³/mol. The molecule has 0 saturated carbocycles. The summed E-state index contributed by atoms with van der Waals surface area (Å²) in [6.45, 7) is 5.90. The van der Waals surface area contributed by atoms with E-state index < -0.39 is 56.3 Å². The van der Waals surface area contributed by atoms with Crippen molar-refractivity contribution in [3.8, 4) is 17.9 Å². The Morgan fingerprint density at radius 2 is 1.89 bits per heavy atom. The minimum Gasteiger partial charge on any atom is -0.484 e. The van der Waals surface area contributed by atoms with Gasteiger partial charge in [-0.25, -0.2) is 4.79 Å². The van der Waals surface area contributed by atoms with Crippen LogP contribution in [0.1, 0.15) is 63.7 Å². The van der Waals surface area contributed by atoms with Gasteiger partial charge in [-0.05, 0) is 64.7 Å². The lowest BCUT2D eigenvalue weighted by atomic mass is 9.58. The highest BCUT2D eigenvalue weighted by molar-refractivity contribution is 7.87. The van der Waals surface area contributed by atoms with Crippen LogP contribution in [0.4, 0.5) is 13.2 Å². The molecule has 0 bridgehead atoms. The topological polar surface area (TPSA) is 121 Å². The zero-order valence-electron chi connectivity index (χ0n) is 24.8. The number of rotatable bonds is 8. The maximum absolute atomic E-state index is 13.4. The van der Waals surface area contributed by atoms with E-state index in [-0.39, 0.29) is 38.4 Å². The number of nitriles is 1. The van der Waals surface area contributed by atoms with Crippen LogP contribution < -0.4 is 0 Å². The summed E-state index contributed by atoms with van der Waals surface area (Å²) < 4.78 is 93.2. The number of esters is 1. The molecule has 1 saturated heterocycles. The molecule has 9 nitrogen and oxygen atoms in total. The summed E-state index contributed by atoms with van der Waals surface area (Å²) >= 11 is 0. The molecular weight excluding hydrogens is 603 g/mol. The van der Waals surface area contributed by atoms with E-state index in [1.54, 1.807) is 37.3 Å². The minimum atomic E-state index is -5.99. The van der Waals surface area contributed by atoms with Gasteiger partial charge in [-0.2, -0.15) is 26.9 Å². The quantitative estimate of drug-likeness (QED) is 0.152. The molecule has 1 fully saturated rings. The van der Waals surface area contributed by atoms with Crippen molar-refractivity contribution in [2.24, 2.45) is 17.3 Å². The standard InChI is InChI=1S/C31H34F3NO8S/c1-5-6-16-39-24-13-12-22(18-40-28(36)21-10-8-7-9-11-21)25(23(24)17-35)27-30(42-19-41-27)15-14-20(2)26(29(30,3)4)43-44(37,38)31(32,33)34/h7-11,22,25,27H,12-16,18-19H2,1-4H3/t22-,25-,27+,30?/m1/s1. The molecule has 1 unspecified atom stereocenters. The third kappa shape index (κ3) is 6.19. The number of carbonyl (C=O) groups is 1. The zero-order valence-corrected chi connectivity index (χ0v) is 25.6. The number of hydrogen-bond donors (Lipinski definition) is 0. The van der Waals surface area contributed by atoms with Crippen molar-refractivity contribution in [1.29, 1.82) is 5.26 Å². The summed E-state index contributed by atoms with van der Waals surface area (Å²) in [6.07, 6.45) is 0.180. The van der Waals surface area contributed by atoms with Crippen LogP contribution in [0.3, 0.4) is 0 Å². The first-order chi connectivity index (χ1) is 20.7. The van der Waals surface area contributed by atoms with E-state index in [2.05, 4.69) is 17.9 Å². The summed E-state index contributed by atoms with van der Waals surface area (Å²) in [5, 5.41) is 10.4. The first-order valence-corrected chi connectivity index (χ1v) is 15.4. The Kier molecular flexibility index (Phi) is 9.74. The van der Waals surface area contributed by atoms with Gasteiger partial charge in [0.1, 0.15) is 30.5 Å². The molecule has 1 heterocycles. The molecule has 3 aliphatic rings. The Morgan fingerprint density at radius 3 is 2.52 bits per heavy atom. The van der Waals surface area contributed by atoms with Crippen LogP contribution in [0.15, 0.2) is 53.0 Å². The molecule has 1 aromatic carbocycles. The maximum Gasteiger partial charge on any atom is 0.534 e. The van der Waals surface area contributed by atoms with Gasteiger partial charge >= 0.3 is 21.6 Å². The summed E-state index contributed by atoms with van der Waals surface area (Å²) in [7, 11) is -5.99. The molecule has 44 heavy (non-hydrogen) atoms. The van der Waals surface area contributed by atoms with Crippen LogP contribution in [0.25, 0.3) is 0 Å². The van der Waals surface area contributed by atoms with E-state index in [1.807, 2.05) is 0 Å². The van der Waals surface area contributed by atoms with Gasteiger partial charge in [-0.1, -0.05) is 24.1 Å². The maximum atomic E-state index is 13.4. The Bertz CT molecular complexity index is 1530. The van der Waals surface area contributed by atoms with E-state index in [4.69, 9.17) is 23.1 Å². The summed E-state index contributed by atoms with van der Waals surface area (Å²) in [5.41, 5.74) is -7.64. The number of hydrogen-bond acceptors (Lipinski definition) is 9. The van der Waals surface area contributed by atoms with Gasteiger partial charge in [-0.3, -0.25) is 0 Å². The Labute approximate surface area is 255 Å². The monoisotopic (exact) mass is 637 g/mol. The third-order valence-electron chi connectivity index (χ3n) is 8.65. The first-order valence-electron chi connectivity index (χ1n) is 14.0. The average molecular weight is 638 g/mol. The molecule has 0 aromatic heterocycles. The van der Waals surface area contributed by atoms with E-state index in [1.165, 1.54) is 20.8 Å². The Balaban J connectivity index is 1.76. The van der Waals surface area contributed by atoms with Gasteiger partial charge < -0.3 is 23.1 Å². The third-order valence-corrected chi connectivity index (χ3v) is 9.60. The van der Waals surface area contributed by atoms with Crippen LogP contribution in [-0.4, -0.2) is 51.6 Å². The van der Waals surface area contributed by atoms with E-state index in [0.29, 0.717) is 29.7 Å². The number of benzene rings is 1. The van der Waals surface area contributed by atoms with Crippen molar-refractivity contribution < 1.29 is 49.5 Å². The molecule has 13 heteroatoms. The highest BCUT2D eigenvalue weighted by atomic mass is 32.2. The van der Waals surface area contributed by atoms with E-state index in [9.17, 15) is 31.6 Å². The highest BCUT2D eigenvalue weighted by Crippen LogP contribution is 2.58. The van der Waals surface area contributed by atoms with Crippen molar-refractivity contribution in [3.63, 3.8) is 0 Å². The number of alkyl halides is 3. The Hall–Kier alpha value is -3.52. The lowest BCUT2D eigenvalue weighted by Crippen LogP contribution is -2.59. The molecule has 0 amide bonds. The molecule has 1 spiro atoms. The molecule has 1 aliphatic heterocycles. The fourth-order valence-electron chi connectivity index (χ4n) is 6.39. The number of nitrogens with zero attached hydrogens (tertiary/aromatic N) is 1. The fraction of sp³-hybridized carbons (Fsp3) is 0.548. The second kappa shape index (κ2) is 12.8. The zero-order chi connectivity index (χ0) is 32.3. The van der Waals surface area contributed by atoms with Gasteiger partial charge in [0.15, 0.2) is 0 Å². The van der Waals surface area contributed by atoms with Crippen molar-refractivity contribution in [2.45, 2.75) is 70.6 Å². The normalized spacial score (nSPS) is 26.9. The summed E-state index contributed by atoms with van der Waals surface area (Å²) in [5.74, 6) is 3.69. The number of ether oxygens (including phenoxy) is 4. The second-order valence-electron chi connectivity index (χ2n) is 11.4. The molecular formula is C31H34F3NO8S. The number of allylic oxidation sites excluding steroid dienone is 2. The molecule has 238 valence electrons. The molecule has 4 rings (SSSR count). The van der Waals surface area contributed by atoms with Crippen LogP contribution in [0, 0.1) is 40.4 Å². The summed E-state index contributed by atoms with van der Waals surface area (Å²) in [4.78, 5) is 12.8. The highest BCUT2D eigenvalue weighted by Gasteiger charge is 2.65. The Morgan fingerprint density at radius 1 is 1.18 bits per heavy atom. The molecule has 1 aromatic rings. The summed E-state index contributed by atoms with van der Waals surface area (Å²) in [6, 6.07) is 10.6. The van der Waals surface area contributed by atoms with Crippen LogP contribution in [-0.2, 0) is 33.2 Å². The lowest BCUT2D eigenvalue weighted by molar-refractivity contribution is -0.116. The largest absolute Gasteiger partial charge is 0.534 e. The van der Waals surface area contributed by atoms with Gasteiger partial charge in [0, 0.05) is 18.3 Å². The first kappa shape index (κ1) is 33.4. The lowest BCUT2D eigenvalue weighted by Gasteiger charge is -2.52. The van der Waals surface area contributed by atoms with Crippen molar-refractivity contribution in [2.75, 3.05) is 20.0 Å². The van der Waals surface area contributed by atoms with Gasteiger partial charge in [0.25, 0.3) is 0 Å². The minimum absolute atomic E-state index is 0.0330. The number of halogens is 3. The molecule has 2 aliphatic carbocycles. The smallest absolute Gasteiger partial charge is 0.484 e. The van der Waals surface area contributed by atoms with Gasteiger partial charge in [0.2, 0.25) is 0 Å². The second-order valence-corrected chi connectivity index (χ2v) is 12.9. The molecule has 0 radical (unpaired) electrons. The van der Waals surface area contributed by atoms with E-state index >= 15 is 0 Å². The number of carbonyl (C=O) groups excluding carboxylic acids is 1. The van der Waals surface area contributed by atoms with Crippen LogP contribution >= 0.6 is 0 Å². The van der Waals surface area contributed by atoms with Gasteiger partial charge in [0.05, 0.1) is 35.3 Å². The van der Waals surface area contributed by atoms with Gasteiger partial charge in [-0.15, -0.1) is 5.92 Å². The predicted octanol–water partition coefficient (Wildman–Crippen LogP) is 5.76. The van der Waals surface area contributed by atoms with Crippen molar-refractivity contribution in [1.82, 2.24) is 0 Å². The average Bonchev–Trinajstić information content (AvgIpc) is 3.41. The van der Waals surface area contributed by atoms with E-state index in [0.717, 1.165) is 0 Å². The molecule has 4 atom stereocenters. The van der Waals surface area contributed by atoms with Crippen LogP contribution in [0.2, 0.25) is 0 Å². The van der Waals surface area contributed by atoms with Crippen LogP contribution in [0.5, 0.6) is 0 Å². The SMILES string of the molecule is CC#CCOC1=C(C#N)[C@H]([C@@H]2OCOC23CCC(C)=C(OS(=O)(=O)C(F)(F)F)C3(C)C)[C@@H](COC(=O)c2ccccc2)CC1. The van der Waals surface area contributed by atoms with Crippen molar-refractivity contribution in [3.05, 3.63) is 58.6 Å².